The smallest absolute Gasteiger partial charge is 0.196 e. The van der Waals surface area contributed by atoms with E-state index in [1.807, 2.05) is 0 Å². The van der Waals surface area contributed by atoms with Crippen molar-refractivity contribution in [3.8, 4) is 5.75 Å². The molecule has 0 heterocycles. The molecule has 0 amide bonds. The van der Waals surface area contributed by atoms with Crippen molar-refractivity contribution in [1.82, 2.24) is 0 Å². The van der Waals surface area contributed by atoms with E-state index in [4.69, 9.17) is 16.3 Å². The summed E-state index contributed by atoms with van der Waals surface area (Å²) in [6.45, 7) is 0. The van der Waals surface area contributed by atoms with Gasteiger partial charge in [-0.15, -0.1) is 0 Å². The Bertz CT molecular complexity index is 689. The summed E-state index contributed by atoms with van der Waals surface area (Å²) in [6, 6.07) is 5.89. The lowest BCUT2D eigenvalue weighted by Crippen LogP contribution is -2.05. The minimum atomic E-state index is -0.713. The predicted molar refractivity (Wildman–Crippen MR) is 75.5 cm³/mol. The highest BCUT2D eigenvalue weighted by molar-refractivity contribution is 9.10. The van der Waals surface area contributed by atoms with E-state index in [9.17, 15) is 13.6 Å². The van der Waals surface area contributed by atoms with Crippen molar-refractivity contribution in [3.05, 3.63) is 62.6 Å². The van der Waals surface area contributed by atoms with E-state index >= 15 is 0 Å². The van der Waals surface area contributed by atoms with Gasteiger partial charge in [-0.05, 0) is 46.3 Å². The van der Waals surface area contributed by atoms with Crippen LogP contribution in [0.5, 0.6) is 5.75 Å². The minimum absolute atomic E-state index is 0.0838. The van der Waals surface area contributed by atoms with Crippen LogP contribution in [0.25, 0.3) is 0 Å². The van der Waals surface area contributed by atoms with Crippen LogP contribution in [0.3, 0.4) is 0 Å². The van der Waals surface area contributed by atoms with Crippen molar-refractivity contribution in [2.45, 2.75) is 0 Å². The van der Waals surface area contributed by atoms with Crippen LogP contribution in [0, 0.1) is 11.6 Å². The SMILES string of the molecule is COc1cc(C(=O)c2cc(Cl)c(Br)cc2F)ccc1F. The molecule has 2 nitrogen and oxygen atoms in total. The molecule has 0 aliphatic rings. The second-order valence-electron chi connectivity index (χ2n) is 3.92. The van der Waals surface area contributed by atoms with E-state index in [1.165, 1.54) is 25.3 Å². The molecule has 104 valence electrons. The molecule has 0 unspecified atom stereocenters. The Morgan fingerprint density at radius 1 is 1.20 bits per heavy atom. The van der Waals surface area contributed by atoms with Crippen molar-refractivity contribution < 1.29 is 18.3 Å². The average Bonchev–Trinajstić information content (AvgIpc) is 2.42. The molecular formula is C14H8BrClF2O2. The van der Waals surface area contributed by atoms with E-state index < -0.39 is 17.4 Å². The molecule has 0 aliphatic heterocycles. The van der Waals surface area contributed by atoms with Gasteiger partial charge in [0.1, 0.15) is 5.82 Å². The Hall–Kier alpha value is -1.46. The van der Waals surface area contributed by atoms with Crippen LogP contribution in [0.2, 0.25) is 5.02 Å². The molecule has 20 heavy (non-hydrogen) atoms. The summed E-state index contributed by atoms with van der Waals surface area (Å²) in [5.41, 5.74) is -0.0765. The van der Waals surface area contributed by atoms with Gasteiger partial charge in [-0.2, -0.15) is 0 Å². The Kier molecular flexibility index (Phi) is 4.40. The summed E-state index contributed by atoms with van der Waals surface area (Å²) in [5, 5.41) is 0.212. The van der Waals surface area contributed by atoms with Crippen molar-refractivity contribution in [2.24, 2.45) is 0 Å². The third-order valence-corrected chi connectivity index (χ3v) is 3.86. The molecule has 0 bridgehead atoms. The summed E-state index contributed by atoms with van der Waals surface area (Å²) in [6.07, 6.45) is 0. The summed E-state index contributed by atoms with van der Waals surface area (Å²) in [7, 11) is 1.28. The number of benzene rings is 2. The molecule has 0 fully saturated rings. The van der Waals surface area contributed by atoms with Crippen LogP contribution < -0.4 is 4.74 Å². The van der Waals surface area contributed by atoms with Crippen molar-refractivity contribution >= 4 is 33.3 Å². The Labute approximate surface area is 127 Å². The summed E-state index contributed by atoms with van der Waals surface area (Å²) < 4.78 is 32.2. The number of carbonyl (C=O) groups excluding carboxylic acids is 1. The number of methoxy groups -OCH3 is 1. The number of hydrogen-bond acceptors (Lipinski definition) is 2. The monoisotopic (exact) mass is 360 g/mol. The van der Waals surface area contributed by atoms with Gasteiger partial charge in [0.15, 0.2) is 17.3 Å². The first kappa shape index (κ1) is 14.9. The fourth-order valence-corrected chi connectivity index (χ4v) is 2.13. The molecule has 2 aromatic carbocycles. The molecule has 2 aromatic rings. The Morgan fingerprint density at radius 3 is 2.55 bits per heavy atom. The molecule has 0 radical (unpaired) electrons. The fourth-order valence-electron chi connectivity index (χ4n) is 1.65. The molecule has 0 spiro atoms. The van der Waals surface area contributed by atoms with Gasteiger partial charge in [-0.1, -0.05) is 11.6 Å². The van der Waals surface area contributed by atoms with Gasteiger partial charge in [0.25, 0.3) is 0 Å². The minimum Gasteiger partial charge on any atom is -0.494 e. The summed E-state index contributed by atoms with van der Waals surface area (Å²) in [4.78, 5) is 12.2. The third kappa shape index (κ3) is 2.83. The molecule has 0 aromatic heterocycles. The first-order chi connectivity index (χ1) is 9.43. The molecule has 2 rings (SSSR count). The second-order valence-corrected chi connectivity index (χ2v) is 5.19. The molecule has 6 heteroatoms. The predicted octanol–water partition coefficient (Wildman–Crippen LogP) is 4.62. The van der Waals surface area contributed by atoms with Gasteiger partial charge < -0.3 is 4.74 Å². The highest BCUT2D eigenvalue weighted by atomic mass is 79.9. The zero-order valence-corrected chi connectivity index (χ0v) is 12.6. The average molecular weight is 362 g/mol. The summed E-state index contributed by atoms with van der Waals surface area (Å²) >= 11 is 8.92. The van der Waals surface area contributed by atoms with Crippen LogP contribution in [0.4, 0.5) is 8.78 Å². The molecular weight excluding hydrogens is 354 g/mol. The lowest BCUT2D eigenvalue weighted by atomic mass is 10.0. The number of carbonyl (C=O) groups is 1. The zero-order valence-electron chi connectivity index (χ0n) is 10.2. The highest BCUT2D eigenvalue weighted by Gasteiger charge is 2.18. The van der Waals surface area contributed by atoms with Crippen molar-refractivity contribution in [3.63, 3.8) is 0 Å². The fraction of sp³-hybridized carbons (Fsp3) is 0.0714. The molecule has 0 N–H and O–H groups in total. The molecule has 0 atom stereocenters. The number of rotatable bonds is 3. The topological polar surface area (TPSA) is 26.3 Å². The Balaban J connectivity index is 2.49. The van der Waals surface area contributed by atoms with E-state index in [2.05, 4.69) is 15.9 Å². The second kappa shape index (κ2) is 5.89. The zero-order chi connectivity index (χ0) is 14.9. The Morgan fingerprint density at radius 2 is 1.90 bits per heavy atom. The van der Waals surface area contributed by atoms with Crippen LogP contribution in [0.1, 0.15) is 15.9 Å². The maximum Gasteiger partial charge on any atom is 0.196 e. The first-order valence-electron chi connectivity index (χ1n) is 5.47. The van der Waals surface area contributed by atoms with E-state index in [0.29, 0.717) is 4.47 Å². The number of ether oxygens (including phenoxy) is 1. The largest absolute Gasteiger partial charge is 0.494 e. The van der Waals surface area contributed by atoms with Crippen molar-refractivity contribution in [1.29, 1.82) is 0 Å². The normalized spacial score (nSPS) is 10.4. The lowest BCUT2D eigenvalue weighted by Gasteiger charge is -2.07. The molecule has 0 saturated carbocycles. The van der Waals surface area contributed by atoms with E-state index in [0.717, 1.165) is 12.1 Å². The molecule has 0 aliphatic carbocycles. The van der Waals surface area contributed by atoms with Crippen LogP contribution in [0.15, 0.2) is 34.8 Å². The third-order valence-electron chi connectivity index (χ3n) is 2.67. The van der Waals surface area contributed by atoms with Gasteiger partial charge in [-0.25, -0.2) is 8.78 Å². The quantitative estimate of drug-likeness (QED) is 0.589. The molecule has 0 saturated heterocycles. The van der Waals surface area contributed by atoms with Crippen LogP contribution in [-0.2, 0) is 0 Å². The van der Waals surface area contributed by atoms with E-state index in [-0.39, 0.29) is 21.9 Å². The van der Waals surface area contributed by atoms with Crippen LogP contribution in [-0.4, -0.2) is 12.9 Å². The van der Waals surface area contributed by atoms with Gasteiger partial charge >= 0.3 is 0 Å². The standard InChI is InChI=1S/C14H8BrClF2O2/c1-20-13-4-7(2-3-11(13)17)14(19)8-5-10(16)9(15)6-12(8)18/h2-6H,1H3. The maximum atomic E-state index is 13.8. The number of halogens is 4. The van der Waals surface area contributed by atoms with E-state index in [1.54, 1.807) is 0 Å². The van der Waals surface area contributed by atoms with Gasteiger partial charge in [0.2, 0.25) is 0 Å². The summed E-state index contributed by atoms with van der Waals surface area (Å²) in [5.74, 6) is -2.00. The van der Waals surface area contributed by atoms with Gasteiger partial charge in [0.05, 0.1) is 17.7 Å². The lowest BCUT2D eigenvalue weighted by molar-refractivity contribution is 0.103. The van der Waals surface area contributed by atoms with Gasteiger partial charge in [-0.3, -0.25) is 4.79 Å². The number of hydrogen-bond donors (Lipinski definition) is 0. The van der Waals surface area contributed by atoms with Crippen molar-refractivity contribution in [2.75, 3.05) is 7.11 Å². The first-order valence-corrected chi connectivity index (χ1v) is 6.64. The highest BCUT2D eigenvalue weighted by Crippen LogP contribution is 2.28. The van der Waals surface area contributed by atoms with Gasteiger partial charge in [0, 0.05) is 10.0 Å². The maximum absolute atomic E-state index is 13.8. The van der Waals surface area contributed by atoms with Crippen LogP contribution >= 0.6 is 27.5 Å². The number of ketones is 1.